The highest BCUT2D eigenvalue weighted by Gasteiger charge is 2.59. The van der Waals surface area contributed by atoms with Crippen molar-refractivity contribution in [3.63, 3.8) is 0 Å². The summed E-state index contributed by atoms with van der Waals surface area (Å²) in [6, 6.07) is -0.458. The van der Waals surface area contributed by atoms with E-state index in [1.54, 1.807) is 0 Å². The summed E-state index contributed by atoms with van der Waals surface area (Å²) < 4.78 is 43.2. The zero-order valence-corrected chi connectivity index (χ0v) is 12.9. The average Bonchev–Trinajstić information content (AvgIpc) is 3.02. The van der Waals surface area contributed by atoms with E-state index in [1.165, 1.54) is 6.20 Å². The second-order valence-electron chi connectivity index (χ2n) is 6.68. The van der Waals surface area contributed by atoms with Crippen LogP contribution in [0.25, 0.3) is 0 Å². The molecule has 1 saturated carbocycles. The molecule has 1 saturated heterocycles. The molecule has 0 bridgehead atoms. The second kappa shape index (κ2) is 5.40. The summed E-state index contributed by atoms with van der Waals surface area (Å²) in [7, 11) is 0. The molecule has 2 N–H and O–H groups in total. The summed E-state index contributed by atoms with van der Waals surface area (Å²) in [6.07, 6.45) is -0.942. The SMILES string of the molecule is CC1(C)[C@H](NC(=O)Nc2cnn(CC(F)(F)F)c2)[C@@H]2CCO[C@H]21. The first kappa shape index (κ1) is 16.1. The van der Waals surface area contributed by atoms with Crippen LogP contribution >= 0.6 is 0 Å². The molecule has 2 aliphatic rings. The van der Waals surface area contributed by atoms with Gasteiger partial charge in [-0.3, -0.25) is 4.68 Å². The molecule has 2 heterocycles. The molecule has 0 aromatic carbocycles. The molecule has 2 amide bonds. The van der Waals surface area contributed by atoms with Crippen LogP contribution in [0.4, 0.5) is 23.7 Å². The number of halogens is 3. The zero-order chi connectivity index (χ0) is 16.8. The Kier molecular flexibility index (Phi) is 3.78. The number of amides is 2. The summed E-state index contributed by atoms with van der Waals surface area (Å²) in [4.78, 5) is 12.1. The molecule has 1 aromatic rings. The molecule has 1 aliphatic heterocycles. The number of carbonyl (C=O) groups is 1. The van der Waals surface area contributed by atoms with Gasteiger partial charge < -0.3 is 15.4 Å². The van der Waals surface area contributed by atoms with Gasteiger partial charge in [-0.1, -0.05) is 13.8 Å². The van der Waals surface area contributed by atoms with E-state index >= 15 is 0 Å². The van der Waals surface area contributed by atoms with E-state index in [2.05, 4.69) is 15.7 Å². The van der Waals surface area contributed by atoms with Gasteiger partial charge in [0, 0.05) is 30.2 Å². The average molecular weight is 332 g/mol. The van der Waals surface area contributed by atoms with Crippen LogP contribution in [0.1, 0.15) is 20.3 Å². The Morgan fingerprint density at radius 3 is 2.96 bits per heavy atom. The van der Waals surface area contributed by atoms with Gasteiger partial charge in [-0.2, -0.15) is 18.3 Å². The van der Waals surface area contributed by atoms with Crippen molar-refractivity contribution in [1.82, 2.24) is 15.1 Å². The van der Waals surface area contributed by atoms with E-state index in [0.29, 0.717) is 12.5 Å². The third-order valence-corrected chi connectivity index (χ3v) is 4.62. The summed E-state index contributed by atoms with van der Waals surface area (Å²) in [5, 5.41) is 9.00. The normalized spacial score (nSPS) is 28.8. The van der Waals surface area contributed by atoms with E-state index < -0.39 is 18.8 Å². The maximum absolute atomic E-state index is 12.3. The van der Waals surface area contributed by atoms with Crippen molar-refractivity contribution >= 4 is 11.7 Å². The zero-order valence-electron chi connectivity index (χ0n) is 12.9. The predicted molar refractivity (Wildman–Crippen MR) is 75.9 cm³/mol. The van der Waals surface area contributed by atoms with Gasteiger partial charge in [0.15, 0.2) is 0 Å². The highest BCUT2D eigenvalue weighted by Crippen LogP contribution is 2.52. The van der Waals surface area contributed by atoms with E-state index in [9.17, 15) is 18.0 Å². The van der Waals surface area contributed by atoms with Crippen LogP contribution in [0.15, 0.2) is 12.4 Å². The van der Waals surface area contributed by atoms with Crippen LogP contribution < -0.4 is 10.6 Å². The number of anilines is 1. The standard InChI is InChI=1S/C14H19F3N4O2/c1-13(2)10(9-3-4-23-11(9)13)20-12(22)19-8-5-18-21(6-8)7-14(15,16)17/h5-6,9-11H,3-4,7H2,1-2H3,(H2,19,20,22)/t9-,10+,11+/m0/s1. The van der Waals surface area contributed by atoms with Gasteiger partial charge in [-0.05, 0) is 6.42 Å². The Labute approximate surface area is 131 Å². The fraction of sp³-hybridized carbons (Fsp3) is 0.714. The molecule has 23 heavy (non-hydrogen) atoms. The first-order chi connectivity index (χ1) is 10.7. The molecule has 0 spiro atoms. The lowest BCUT2D eigenvalue weighted by Gasteiger charge is -2.54. The maximum Gasteiger partial charge on any atom is 0.408 e. The van der Waals surface area contributed by atoms with Crippen LogP contribution in [-0.2, 0) is 11.3 Å². The Morgan fingerprint density at radius 2 is 2.26 bits per heavy atom. The monoisotopic (exact) mass is 332 g/mol. The van der Waals surface area contributed by atoms with Crippen LogP contribution in [0.5, 0.6) is 0 Å². The fourth-order valence-electron chi connectivity index (χ4n) is 3.62. The number of nitrogens with zero attached hydrogens (tertiary/aromatic N) is 2. The number of nitrogens with one attached hydrogen (secondary N) is 2. The number of fused-ring (bicyclic) bond motifs is 1. The second-order valence-corrected chi connectivity index (χ2v) is 6.68. The molecular weight excluding hydrogens is 313 g/mol. The lowest BCUT2D eigenvalue weighted by Crippen LogP contribution is -2.67. The van der Waals surface area contributed by atoms with Gasteiger partial charge in [-0.15, -0.1) is 0 Å². The van der Waals surface area contributed by atoms with E-state index in [0.717, 1.165) is 17.3 Å². The molecule has 0 radical (unpaired) electrons. The number of hydrogen-bond donors (Lipinski definition) is 2. The van der Waals surface area contributed by atoms with Crippen molar-refractivity contribution in [2.75, 3.05) is 11.9 Å². The summed E-state index contributed by atoms with van der Waals surface area (Å²) in [6.45, 7) is 3.58. The quantitative estimate of drug-likeness (QED) is 0.893. The Morgan fingerprint density at radius 1 is 1.52 bits per heavy atom. The molecular formula is C14H19F3N4O2. The summed E-state index contributed by atoms with van der Waals surface area (Å²) in [5.74, 6) is 0.295. The Balaban J connectivity index is 1.56. The fourth-order valence-corrected chi connectivity index (χ4v) is 3.62. The van der Waals surface area contributed by atoms with E-state index in [1.807, 2.05) is 13.8 Å². The minimum absolute atomic E-state index is 0.0137. The van der Waals surface area contributed by atoms with Gasteiger partial charge >= 0.3 is 12.2 Å². The number of rotatable bonds is 3. The molecule has 6 nitrogen and oxygen atoms in total. The first-order valence-corrected chi connectivity index (χ1v) is 7.45. The summed E-state index contributed by atoms with van der Waals surface area (Å²) in [5.41, 5.74) is 0.0713. The lowest BCUT2D eigenvalue weighted by atomic mass is 9.57. The largest absolute Gasteiger partial charge is 0.408 e. The smallest absolute Gasteiger partial charge is 0.377 e. The molecule has 0 unspecified atom stereocenters. The van der Waals surface area contributed by atoms with Gasteiger partial charge in [0.2, 0.25) is 0 Å². The van der Waals surface area contributed by atoms with Gasteiger partial charge in [0.25, 0.3) is 0 Å². The first-order valence-electron chi connectivity index (χ1n) is 7.45. The minimum atomic E-state index is -4.35. The number of carbonyl (C=O) groups excluding carboxylic acids is 1. The number of urea groups is 1. The predicted octanol–water partition coefficient (Wildman–Crippen LogP) is 2.38. The van der Waals surface area contributed by atoms with Crippen molar-refractivity contribution in [1.29, 1.82) is 0 Å². The molecule has 3 atom stereocenters. The third-order valence-electron chi connectivity index (χ3n) is 4.62. The van der Waals surface area contributed by atoms with Crippen molar-refractivity contribution in [2.45, 2.75) is 45.1 Å². The van der Waals surface area contributed by atoms with E-state index in [4.69, 9.17) is 4.74 Å². The molecule has 128 valence electrons. The molecule has 1 aromatic heterocycles. The van der Waals surface area contributed by atoms with Gasteiger partial charge in [0.05, 0.1) is 18.0 Å². The lowest BCUT2D eigenvalue weighted by molar-refractivity contribution is -0.142. The molecule has 2 fully saturated rings. The number of aromatic nitrogens is 2. The highest BCUT2D eigenvalue weighted by molar-refractivity contribution is 5.89. The molecule has 3 rings (SSSR count). The topological polar surface area (TPSA) is 68.2 Å². The minimum Gasteiger partial charge on any atom is -0.377 e. The third kappa shape index (κ3) is 3.15. The van der Waals surface area contributed by atoms with E-state index in [-0.39, 0.29) is 23.2 Å². The number of alkyl halides is 3. The van der Waals surface area contributed by atoms with Crippen LogP contribution in [0.3, 0.4) is 0 Å². The Hall–Kier alpha value is -1.77. The van der Waals surface area contributed by atoms with Gasteiger partial charge in [0.1, 0.15) is 6.54 Å². The molecule has 9 heteroatoms. The van der Waals surface area contributed by atoms with Crippen molar-refractivity contribution in [2.24, 2.45) is 11.3 Å². The summed E-state index contributed by atoms with van der Waals surface area (Å²) >= 11 is 0. The highest BCUT2D eigenvalue weighted by atomic mass is 19.4. The van der Waals surface area contributed by atoms with Gasteiger partial charge in [-0.25, -0.2) is 4.79 Å². The van der Waals surface area contributed by atoms with Crippen molar-refractivity contribution in [3.8, 4) is 0 Å². The Bertz CT molecular complexity index is 599. The number of ether oxygens (including phenoxy) is 1. The van der Waals surface area contributed by atoms with Crippen LogP contribution in [0.2, 0.25) is 0 Å². The van der Waals surface area contributed by atoms with Crippen LogP contribution in [-0.4, -0.2) is 40.7 Å². The maximum atomic E-state index is 12.3. The van der Waals surface area contributed by atoms with Crippen LogP contribution in [0, 0.1) is 11.3 Å². The molecule has 1 aliphatic carbocycles. The van der Waals surface area contributed by atoms with Crippen molar-refractivity contribution < 1.29 is 22.7 Å². The van der Waals surface area contributed by atoms with Crippen molar-refractivity contribution in [3.05, 3.63) is 12.4 Å². The number of hydrogen-bond acceptors (Lipinski definition) is 3.